The van der Waals surface area contributed by atoms with Gasteiger partial charge in [0.25, 0.3) is 0 Å². The highest BCUT2D eigenvalue weighted by molar-refractivity contribution is 7.83. The SMILES string of the molecule is [B]c1ccc(CS(=O)Cc2ccccc2)cc1F. The topological polar surface area (TPSA) is 17.1 Å². The number of rotatable bonds is 4. The lowest BCUT2D eigenvalue weighted by Gasteiger charge is -2.04. The molecule has 90 valence electrons. The smallest absolute Gasteiger partial charge is 0.117 e. The molecule has 0 aliphatic carbocycles. The van der Waals surface area contributed by atoms with Gasteiger partial charge in [-0.25, -0.2) is 4.39 Å². The van der Waals surface area contributed by atoms with E-state index in [4.69, 9.17) is 7.85 Å². The van der Waals surface area contributed by atoms with Gasteiger partial charge in [-0.3, -0.25) is 4.21 Å². The summed E-state index contributed by atoms with van der Waals surface area (Å²) in [5, 5.41) is 0. The molecule has 0 fully saturated rings. The molecule has 2 radical (unpaired) electrons. The molecule has 0 bridgehead atoms. The van der Waals surface area contributed by atoms with Gasteiger partial charge < -0.3 is 0 Å². The summed E-state index contributed by atoms with van der Waals surface area (Å²) in [5.74, 6) is 0.364. The minimum atomic E-state index is -1.04. The van der Waals surface area contributed by atoms with E-state index in [2.05, 4.69) is 0 Å². The van der Waals surface area contributed by atoms with Crippen LogP contribution in [0.4, 0.5) is 4.39 Å². The van der Waals surface area contributed by atoms with Crippen LogP contribution in [0.2, 0.25) is 0 Å². The van der Waals surface area contributed by atoms with Crippen LogP contribution in [-0.2, 0) is 22.3 Å². The summed E-state index contributed by atoms with van der Waals surface area (Å²) in [6.45, 7) is 0. The zero-order valence-electron chi connectivity index (χ0n) is 9.80. The van der Waals surface area contributed by atoms with Crippen molar-refractivity contribution >= 4 is 24.1 Å². The molecular weight excluding hydrogens is 246 g/mol. The van der Waals surface area contributed by atoms with Crippen molar-refractivity contribution < 1.29 is 8.60 Å². The summed E-state index contributed by atoms with van der Waals surface area (Å²) in [6, 6.07) is 14.2. The molecular formula is C14H12BFOS. The van der Waals surface area contributed by atoms with E-state index in [1.807, 2.05) is 30.3 Å². The molecule has 0 aliphatic rings. The summed E-state index contributed by atoms with van der Waals surface area (Å²) in [7, 11) is 4.35. The highest BCUT2D eigenvalue weighted by atomic mass is 32.2. The predicted octanol–water partition coefficient (Wildman–Crippen LogP) is 2.07. The Morgan fingerprint density at radius 3 is 2.33 bits per heavy atom. The Morgan fingerprint density at radius 2 is 1.67 bits per heavy atom. The van der Waals surface area contributed by atoms with Crippen molar-refractivity contribution in [1.29, 1.82) is 0 Å². The Balaban J connectivity index is 2.01. The summed E-state index contributed by atoms with van der Waals surface area (Å²) in [6.07, 6.45) is 0. The lowest BCUT2D eigenvalue weighted by atomic mass is 9.95. The first-order valence-electron chi connectivity index (χ1n) is 5.58. The molecule has 0 aliphatic heterocycles. The Bertz CT molecular complexity index is 557. The van der Waals surface area contributed by atoms with Crippen molar-refractivity contribution in [2.75, 3.05) is 0 Å². The maximum absolute atomic E-state index is 13.2. The van der Waals surface area contributed by atoms with Gasteiger partial charge in [-0.15, -0.1) is 0 Å². The Morgan fingerprint density at radius 1 is 1.00 bits per heavy atom. The van der Waals surface area contributed by atoms with Gasteiger partial charge in [0.2, 0.25) is 0 Å². The van der Waals surface area contributed by atoms with E-state index >= 15 is 0 Å². The number of hydrogen-bond acceptors (Lipinski definition) is 1. The van der Waals surface area contributed by atoms with Gasteiger partial charge in [-0.1, -0.05) is 47.9 Å². The van der Waals surface area contributed by atoms with Gasteiger partial charge >= 0.3 is 0 Å². The van der Waals surface area contributed by atoms with Gasteiger partial charge in [-0.2, -0.15) is 0 Å². The second kappa shape index (κ2) is 5.96. The predicted molar refractivity (Wildman–Crippen MR) is 73.8 cm³/mol. The molecule has 2 aromatic carbocycles. The third-order valence-electron chi connectivity index (χ3n) is 2.56. The second-order valence-electron chi connectivity index (χ2n) is 4.07. The quantitative estimate of drug-likeness (QED) is 0.767. The molecule has 0 saturated carbocycles. The van der Waals surface area contributed by atoms with Crippen LogP contribution in [0.3, 0.4) is 0 Å². The molecule has 0 saturated heterocycles. The minimum absolute atomic E-state index is 0.118. The minimum Gasteiger partial charge on any atom is -0.259 e. The largest absolute Gasteiger partial charge is 0.259 e. The maximum atomic E-state index is 13.2. The lowest BCUT2D eigenvalue weighted by Crippen LogP contribution is -2.09. The van der Waals surface area contributed by atoms with Gasteiger partial charge in [0.1, 0.15) is 13.7 Å². The molecule has 1 unspecified atom stereocenters. The van der Waals surface area contributed by atoms with Crippen LogP contribution < -0.4 is 5.46 Å². The van der Waals surface area contributed by atoms with Crippen LogP contribution >= 0.6 is 0 Å². The molecule has 2 rings (SSSR count). The summed E-state index contributed by atoms with van der Waals surface area (Å²) >= 11 is 0. The molecule has 18 heavy (non-hydrogen) atoms. The molecule has 0 spiro atoms. The van der Waals surface area contributed by atoms with E-state index in [0.717, 1.165) is 5.56 Å². The monoisotopic (exact) mass is 258 g/mol. The lowest BCUT2D eigenvalue weighted by molar-refractivity contribution is 0.634. The van der Waals surface area contributed by atoms with Crippen LogP contribution in [-0.4, -0.2) is 12.1 Å². The zero-order valence-corrected chi connectivity index (χ0v) is 10.6. The number of benzene rings is 2. The number of halogens is 1. The molecule has 0 N–H and O–H groups in total. The van der Waals surface area contributed by atoms with E-state index in [9.17, 15) is 8.60 Å². The van der Waals surface area contributed by atoms with Crippen LogP contribution in [0.1, 0.15) is 11.1 Å². The highest BCUT2D eigenvalue weighted by Gasteiger charge is 2.05. The van der Waals surface area contributed by atoms with Crippen molar-refractivity contribution in [3.8, 4) is 0 Å². The zero-order chi connectivity index (χ0) is 13.0. The van der Waals surface area contributed by atoms with Crippen molar-refractivity contribution in [2.24, 2.45) is 0 Å². The van der Waals surface area contributed by atoms with E-state index in [-0.39, 0.29) is 5.46 Å². The summed E-state index contributed by atoms with van der Waals surface area (Å²) in [5.41, 5.74) is 1.84. The molecule has 1 nitrogen and oxygen atoms in total. The highest BCUT2D eigenvalue weighted by Crippen LogP contribution is 2.09. The molecule has 0 aromatic heterocycles. The third kappa shape index (κ3) is 3.54. The van der Waals surface area contributed by atoms with E-state index < -0.39 is 16.6 Å². The van der Waals surface area contributed by atoms with Gasteiger partial charge in [0, 0.05) is 22.3 Å². The van der Waals surface area contributed by atoms with E-state index in [1.54, 1.807) is 6.07 Å². The fraction of sp³-hybridized carbons (Fsp3) is 0.143. The average Bonchev–Trinajstić information content (AvgIpc) is 2.35. The first-order valence-corrected chi connectivity index (χ1v) is 7.07. The summed E-state index contributed by atoms with van der Waals surface area (Å²) in [4.78, 5) is 0. The maximum Gasteiger partial charge on any atom is 0.117 e. The third-order valence-corrected chi connectivity index (χ3v) is 3.87. The van der Waals surface area contributed by atoms with Gasteiger partial charge in [-0.05, 0) is 17.2 Å². The van der Waals surface area contributed by atoms with Gasteiger partial charge in [0.15, 0.2) is 0 Å². The molecule has 4 heteroatoms. The normalized spacial score (nSPS) is 12.3. The first kappa shape index (κ1) is 13.0. The van der Waals surface area contributed by atoms with E-state index in [1.165, 1.54) is 12.1 Å². The van der Waals surface area contributed by atoms with Crippen molar-refractivity contribution in [3.05, 3.63) is 65.5 Å². The van der Waals surface area contributed by atoms with Crippen LogP contribution in [0, 0.1) is 5.82 Å². The van der Waals surface area contributed by atoms with Crippen molar-refractivity contribution in [3.63, 3.8) is 0 Å². The van der Waals surface area contributed by atoms with Crippen molar-refractivity contribution in [2.45, 2.75) is 11.5 Å². The standard InChI is InChI=1S/C14H12BFOS/c15-13-7-6-12(8-14(13)16)10-18(17)9-11-4-2-1-3-5-11/h1-8H,9-10H2. The van der Waals surface area contributed by atoms with Crippen LogP contribution in [0.25, 0.3) is 0 Å². The molecule has 0 heterocycles. The Labute approximate surface area is 110 Å². The number of hydrogen-bond donors (Lipinski definition) is 0. The first-order chi connectivity index (χ1) is 8.65. The molecule has 0 amide bonds. The Kier molecular flexibility index (Phi) is 4.31. The second-order valence-corrected chi connectivity index (χ2v) is 5.53. The fourth-order valence-electron chi connectivity index (χ4n) is 1.66. The molecule has 1 atom stereocenters. The molecule has 2 aromatic rings. The van der Waals surface area contributed by atoms with E-state index in [0.29, 0.717) is 17.1 Å². The van der Waals surface area contributed by atoms with Crippen LogP contribution in [0.5, 0.6) is 0 Å². The average molecular weight is 258 g/mol. The Hall–Kier alpha value is -1.42. The van der Waals surface area contributed by atoms with Crippen molar-refractivity contribution in [1.82, 2.24) is 0 Å². The fourth-order valence-corrected chi connectivity index (χ4v) is 2.88. The van der Waals surface area contributed by atoms with Crippen LogP contribution in [0.15, 0.2) is 48.5 Å². The summed E-state index contributed by atoms with van der Waals surface area (Å²) < 4.78 is 25.2. The van der Waals surface area contributed by atoms with Gasteiger partial charge in [0.05, 0.1) is 0 Å².